The zero-order valence-electron chi connectivity index (χ0n) is 13.7. The van der Waals surface area contributed by atoms with Crippen molar-refractivity contribution in [1.29, 1.82) is 0 Å². The molecular weight excluding hydrogens is 294 g/mol. The van der Waals surface area contributed by atoms with E-state index in [4.69, 9.17) is 4.74 Å². The van der Waals surface area contributed by atoms with Gasteiger partial charge in [0.2, 0.25) is 5.91 Å². The zero-order valence-corrected chi connectivity index (χ0v) is 13.7. The van der Waals surface area contributed by atoms with Crippen molar-refractivity contribution in [2.75, 3.05) is 39.9 Å². The molecule has 1 aromatic heterocycles. The van der Waals surface area contributed by atoms with Gasteiger partial charge in [-0.1, -0.05) is 0 Å². The van der Waals surface area contributed by atoms with Crippen LogP contribution in [0.4, 0.5) is 0 Å². The predicted octanol–water partition coefficient (Wildman–Crippen LogP) is 1.51. The molecule has 2 fully saturated rings. The Hall–Kier alpha value is -1.82. The molecule has 3 rings (SSSR count). The number of aromatic amines is 1. The van der Waals surface area contributed by atoms with Crippen LogP contribution in [0.15, 0.2) is 18.3 Å². The van der Waals surface area contributed by atoms with E-state index in [0.717, 1.165) is 38.9 Å². The number of ether oxygens (including phenoxy) is 1. The summed E-state index contributed by atoms with van der Waals surface area (Å²) >= 11 is 0. The summed E-state index contributed by atoms with van der Waals surface area (Å²) in [5.74, 6) is 0.273. The van der Waals surface area contributed by atoms with Crippen LogP contribution in [0.5, 0.6) is 0 Å². The number of likely N-dealkylation sites (tertiary alicyclic amines) is 2. The van der Waals surface area contributed by atoms with Crippen LogP contribution in [-0.2, 0) is 9.53 Å². The minimum absolute atomic E-state index is 0.0438. The number of amides is 2. The van der Waals surface area contributed by atoms with Gasteiger partial charge in [0.05, 0.1) is 6.61 Å². The van der Waals surface area contributed by atoms with Crippen LogP contribution in [0.1, 0.15) is 36.2 Å². The highest BCUT2D eigenvalue weighted by atomic mass is 16.5. The monoisotopic (exact) mass is 319 g/mol. The third kappa shape index (κ3) is 3.42. The first-order valence-corrected chi connectivity index (χ1v) is 8.33. The number of methoxy groups -OCH3 is 1. The van der Waals surface area contributed by atoms with Crippen molar-refractivity contribution in [3.63, 3.8) is 0 Å². The summed E-state index contributed by atoms with van der Waals surface area (Å²) in [7, 11) is 1.65. The van der Waals surface area contributed by atoms with E-state index >= 15 is 0 Å². The Balaban J connectivity index is 1.69. The van der Waals surface area contributed by atoms with Gasteiger partial charge in [-0.2, -0.15) is 0 Å². The molecule has 0 bridgehead atoms. The first-order valence-electron chi connectivity index (χ1n) is 8.33. The molecule has 2 aliphatic rings. The normalized spacial score (nSPS) is 25.2. The maximum Gasteiger partial charge on any atom is 0.270 e. The number of aromatic nitrogens is 1. The molecule has 1 atom stereocenters. The fourth-order valence-electron chi connectivity index (χ4n) is 3.86. The molecule has 0 saturated carbocycles. The fourth-order valence-corrected chi connectivity index (χ4v) is 3.86. The van der Waals surface area contributed by atoms with Gasteiger partial charge in [0.25, 0.3) is 5.91 Å². The van der Waals surface area contributed by atoms with E-state index in [-0.39, 0.29) is 17.2 Å². The lowest BCUT2D eigenvalue weighted by Crippen LogP contribution is -2.55. The van der Waals surface area contributed by atoms with E-state index < -0.39 is 0 Å². The Morgan fingerprint density at radius 2 is 2.26 bits per heavy atom. The van der Waals surface area contributed by atoms with Crippen molar-refractivity contribution in [2.45, 2.75) is 25.7 Å². The molecule has 6 heteroatoms. The molecule has 2 saturated heterocycles. The highest BCUT2D eigenvalue weighted by molar-refractivity contribution is 5.92. The number of H-pyrrole nitrogens is 1. The van der Waals surface area contributed by atoms with Crippen LogP contribution in [-0.4, -0.2) is 66.5 Å². The lowest BCUT2D eigenvalue weighted by atomic mass is 9.73. The molecule has 0 unspecified atom stereocenters. The molecule has 2 aliphatic heterocycles. The highest BCUT2D eigenvalue weighted by Crippen LogP contribution is 2.39. The number of nitrogens with zero attached hydrogens (tertiary/aromatic N) is 2. The second-order valence-corrected chi connectivity index (χ2v) is 6.72. The van der Waals surface area contributed by atoms with Gasteiger partial charge >= 0.3 is 0 Å². The summed E-state index contributed by atoms with van der Waals surface area (Å²) in [6.45, 7) is 3.48. The number of hydrogen-bond donors (Lipinski definition) is 1. The number of rotatable bonds is 4. The van der Waals surface area contributed by atoms with E-state index in [1.807, 2.05) is 21.9 Å². The lowest BCUT2D eigenvalue weighted by molar-refractivity contribution is -0.139. The van der Waals surface area contributed by atoms with Crippen molar-refractivity contribution in [1.82, 2.24) is 14.8 Å². The smallest absolute Gasteiger partial charge is 0.270 e. The second-order valence-electron chi connectivity index (χ2n) is 6.72. The van der Waals surface area contributed by atoms with Crippen LogP contribution in [0.2, 0.25) is 0 Å². The third-order valence-corrected chi connectivity index (χ3v) is 5.09. The number of carbonyl (C=O) groups excluding carboxylic acids is 2. The maximum absolute atomic E-state index is 12.6. The molecule has 2 amide bonds. The van der Waals surface area contributed by atoms with Gasteiger partial charge in [0, 0.05) is 51.3 Å². The van der Waals surface area contributed by atoms with Crippen LogP contribution >= 0.6 is 0 Å². The minimum Gasteiger partial charge on any atom is -0.383 e. The van der Waals surface area contributed by atoms with Gasteiger partial charge in [-0.3, -0.25) is 9.59 Å². The fraction of sp³-hybridized carbons (Fsp3) is 0.647. The molecule has 126 valence electrons. The molecule has 23 heavy (non-hydrogen) atoms. The lowest BCUT2D eigenvalue weighted by Gasteiger charge is -2.48. The predicted molar refractivity (Wildman–Crippen MR) is 86.1 cm³/mol. The maximum atomic E-state index is 12.6. The summed E-state index contributed by atoms with van der Waals surface area (Å²) < 4.78 is 5.11. The summed E-state index contributed by atoms with van der Waals surface area (Å²) in [5.41, 5.74) is 0.687. The molecule has 1 N–H and O–H groups in total. The van der Waals surface area contributed by atoms with Crippen molar-refractivity contribution >= 4 is 11.8 Å². The first-order chi connectivity index (χ1) is 11.1. The van der Waals surface area contributed by atoms with Crippen molar-refractivity contribution in [3.8, 4) is 0 Å². The van der Waals surface area contributed by atoms with E-state index in [9.17, 15) is 9.59 Å². The molecule has 1 spiro atoms. The standard InChI is InChI=1S/C17H25N3O3/c1-23-11-10-19-12-17(7-5-15(19)21)6-3-9-20(13-17)16(22)14-4-2-8-18-14/h2,4,8,18H,3,5-7,9-13H2,1H3/t17-/m0/s1. The topological polar surface area (TPSA) is 65.6 Å². The Kier molecular flexibility index (Phi) is 4.71. The quantitative estimate of drug-likeness (QED) is 0.915. The van der Waals surface area contributed by atoms with Crippen LogP contribution in [0.25, 0.3) is 0 Å². The van der Waals surface area contributed by atoms with Crippen molar-refractivity contribution in [3.05, 3.63) is 24.0 Å². The number of carbonyl (C=O) groups is 2. The van der Waals surface area contributed by atoms with Crippen LogP contribution in [0.3, 0.4) is 0 Å². The zero-order chi connectivity index (χ0) is 16.3. The molecule has 0 radical (unpaired) electrons. The third-order valence-electron chi connectivity index (χ3n) is 5.09. The van der Waals surface area contributed by atoms with Gasteiger partial charge in [0.15, 0.2) is 0 Å². The Morgan fingerprint density at radius 1 is 1.39 bits per heavy atom. The second kappa shape index (κ2) is 6.74. The summed E-state index contributed by atoms with van der Waals surface area (Å²) in [6, 6.07) is 3.66. The number of hydrogen-bond acceptors (Lipinski definition) is 3. The summed E-state index contributed by atoms with van der Waals surface area (Å²) in [4.78, 5) is 31.6. The summed E-state index contributed by atoms with van der Waals surface area (Å²) in [5, 5.41) is 0. The molecule has 1 aromatic rings. The van der Waals surface area contributed by atoms with Gasteiger partial charge < -0.3 is 19.5 Å². The molecule has 0 aromatic carbocycles. The Morgan fingerprint density at radius 3 is 3.00 bits per heavy atom. The Bertz CT molecular complexity index is 557. The van der Waals surface area contributed by atoms with Crippen LogP contribution in [0, 0.1) is 5.41 Å². The van der Waals surface area contributed by atoms with Gasteiger partial charge in [-0.15, -0.1) is 0 Å². The van der Waals surface area contributed by atoms with E-state index in [2.05, 4.69) is 4.98 Å². The molecule has 0 aliphatic carbocycles. The van der Waals surface area contributed by atoms with Crippen LogP contribution < -0.4 is 0 Å². The highest BCUT2D eigenvalue weighted by Gasteiger charge is 2.42. The average molecular weight is 319 g/mol. The van der Waals surface area contributed by atoms with Crippen molar-refractivity contribution < 1.29 is 14.3 Å². The van der Waals surface area contributed by atoms with E-state index in [1.165, 1.54) is 0 Å². The van der Waals surface area contributed by atoms with E-state index in [1.54, 1.807) is 13.3 Å². The van der Waals surface area contributed by atoms with E-state index in [0.29, 0.717) is 25.3 Å². The van der Waals surface area contributed by atoms with Crippen molar-refractivity contribution in [2.24, 2.45) is 5.41 Å². The first kappa shape index (κ1) is 16.1. The van der Waals surface area contributed by atoms with Gasteiger partial charge in [0.1, 0.15) is 5.69 Å². The molecular formula is C17H25N3O3. The molecule has 3 heterocycles. The Labute approximate surface area is 136 Å². The summed E-state index contributed by atoms with van der Waals surface area (Å²) in [6.07, 6.45) is 5.31. The number of nitrogens with one attached hydrogen (secondary N) is 1. The number of piperidine rings is 2. The minimum atomic E-state index is 0.0438. The SMILES string of the molecule is COCCN1C[C@]2(CCCN(C(=O)c3ccc[nH]3)C2)CCC1=O. The average Bonchev–Trinajstić information content (AvgIpc) is 3.10. The molecule has 6 nitrogen and oxygen atoms in total. The largest absolute Gasteiger partial charge is 0.383 e. The van der Waals surface area contributed by atoms with Gasteiger partial charge in [-0.05, 0) is 31.4 Å². The van der Waals surface area contributed by atoms with Gasteiger partial charge in [-0.25, -0.2) is 0 Å².